The summed E-state index contributed by atoms with van der Waals surface area (Å²) >= 11 is 0. The van der Waals surface area contributed by atoms with Crippen molar-refractivity contribution in [2.24, 2.45) is 52.3 Å². The van der Waals surface area contributed by atoms with Gasteiger partial charge in [0.15, 0.2) is 0 Å². The molecule has 0 amide bonds. The summed E-state index contributed by atoms with van der Waals surface area (Å²) in [5.41, 5.74) is 2.62. The first-order chi connectivity index (χ1) is 25.4. The fourth-order valence-corrected chi connectivity index (χ4v) is 13.1. The molecule has 0 bridgehead atoms. The van der Waals surface area contributed by atoms with Crippen molar-refractivity contribution < 1.29 is 20.4 Å². The van der Waals surface area contributed by atoms with Crippen molar-refractivity contribution in [1.82, 2.24) is 0 Å². The standard InChI is InChI=1S/C49H66O4/c1-32(2)16-15-17-33(3)40-26-27-41-39-25-24-37-30-38(50)31-43(48(37,5)42(39)28-29-47(40,41)4)44(51)45(52)46(53)49(34-18-9-6-10-19-34,35-20-11-7-12-21-35)36-22-13-8-14-23-36/h6-14,18-24,32-33,38-46,50-53H,15-17,25-31H2,1-5H3/t33-,38-,39+,40-,41+,42+,43?,44?,45?,46?,47-,48-/m1/s1. The average Bonchev–Trinajstić information content (AvgIpc) is 3.53. The molecular weight excluding hydrogens is 653 g/mol. The van der Waals surface area contributed by atoms with Crippen LogP contribution < -0.4 is 0 Å². The molecule has 4 nitrogen and oxygen atoms in total. The van der Waals surface area contributed by atoms with Crippen LogP contribution in [0.5, 0.6) is 0 Å². The normalized spacial score (nSPS) is 33.6. The smallest absolute Gasteiger partial charge is 0.108 e. The molecule has 4 N–H and O–H groups in total. The predicted octanol–water partition coefficient (Wildman–Crippen LogP) is 9.73. The van der Waals surface area contributed by atoms with Gasteiger partial charge in [-0.3, -0.25) is 0 Å². The summed E-state index contributed by atoms with van der Waals surface area (Å²) < 4.78 is 0. The molecule has 7 rings (SSSR count). The SMILES string of the molecule is CC(C)CCC[C@@H](C)[C@H]1CC[C@H]2[C@@H]3CC=C4C[C@@H](O)CC(C(O)C(O)C(O)C(c5ccccc5)(c5ccccc5)c5ccccc5)[C@@]4(C)[C@H]3CC[C@]12C. The van der Waals surface area contributed by atoms with Crippen LogP contribution in [0.2, 0.25) is 0 Å². The highest BCUT2D eigenvalue weighted by molar-refractivity contribution is 5.52. The van der Waals surface area contributed by atoms with Crippen molar-refractivity contribution in [2.45, 2.75) is 129 Å². The van der Waals surface area contributed by atoms with Gasteiger partial charge in [0.1, 0.15) is 12.2 Å². The van der Waals surface area contributed by atoms with Crippen LogP contribution >= 0.6 is 0 Å². The summed E-state index contributed by atoms with van der Waals surface area (Å²) in [5.74, 6) is 3.40. The maximum Gasteiger partial charge on any atom is 0.108 e. The van der Waals surface area contributed by atoms with Crippen molar-refractivity contribution in [2.75, 3.05) is 0 Å². The molecule has 0 aromatic heterocycles. The van der Waals surface area contributed by atoms with Crippen molar-refractivity contribution in [3.8, 4) is 0 Å². The third-order valence-corrected chi connectivity index (χ3v) is 15.7. The molecule has 3 aromatic carbocycles. The van der Waals surface area contributed by atoms with Gasteiger partial charge in [-0.15, -0.1) is 0 Å². The van der Waals surface area contributed by atoms with Crippen LogP contribution in [0.1, 0.15) is 116 Å². The number of rotatable bonds is 12. The first-order valence-electron chi connectivity index (χ1n) is 21.0. The molecule has 3 fully saturated rings. The first-order valence-corrected chi connectivity index (χ1v) is 21.0. The Morgan fingerprint density at radius 1 is 0.717 bits per heavy atom. The number of hydrogen-bond acceptors (Lipinski definition) is 4. The van der Waals surface area contributed by atoms with E-state index >= 15 is 0 Å². The number of aliphatic hydroxyl groups is 4. The van der Waals surface area contributed by atoms with E-state index in [1.165, 1.54) is 44.1 Å². The van der Waals surface area contributed by atoms with E-state index < -0.39 is 35.7 Å². The van der Waals surface area contributed by atoms with E-state index in [0.717, 1.165) is 47.3 Å². The van der Waals surface area contributed by atoms with Gasteiger partial charge in [-0.2, -0.15) is 0 Å². The monoisotopic (exact) mass is 718 g/mol. The minimum Gasteiger partial charge on any atom is -0.393 e. The second-order valence-electron chi connectivity index (χ2n) is 18.7. The molecule has 4 heteroatoms. The van der Waals surface area contributed by atoms with Gasteiger partial charge < -0.3 is 20.4 Å². The highest BCUT2D eigenvalue weighted by Crippen LogP contribution is 2.68. The highest BCUT2D eigenvalue weighted by atomic mass is 16.4. The molecule has 0 radical (unpaired) electrons. The molecule has 0 heterocycles. The topological polar surface area (TPSA) is 80.9 Å². The quantitative estimate of drug-likeness (QED) is 0.111. The summed E-state index contributed by atoms with van der Waals surface area (Å²) in [6.07, 6.45) is 8.71. The van der Waals surface area contributed by atoms with Crippen molar-refractivity contribution in [3.05, 3.63) is 119 Å². The Balaban J connectivity index is 1.22. The van der Waals surface area contributed by atoms with Gasteiger partial charge in [0.05, 0.1) is 17.6 Å². The molecule has 286 valence electrons. The van der Waals surface area contributed by atoms with Crippen LogP contribution in [0.15, 0.2) is 103 Å². The lowest BCUT2D eigenvalue weighted by Gasteiger charge is -2.61. The second kappa shape index (κ2) is 15.4. The molecule has 0 saturated heterocycles. The summed E-state index contributed by atoms with van der Waals surface area (Å²) in [6, 6.07) is 29.8. The Kier molecular flexibility index (Phi) is 11.2. The third-order valence-electron chi connectivity index (χ3n) is 15.7. The number of allylic oxidation sites excluding steroid dienone is 1. The minimum absolute atomic E-state index is 0.332. The lowest BCUT2D eigenvalue weighted by atomic mass is 9.44. The molecule has 3 saturated carbocycles. The molecule has 3 aromatic rings. The fraction of sp³-hybridized carbons (Fsp3) is 0.592. The summed E-state index contributed by atoms with van der Waals surface area (Å²) in [4.78, 5) is 0. The number of aliphatic hydroxyl groups excluding tert-OH is 4. The van der Waals surface area contributed by atoms with Crippen molar-refractivity contribution >= 4 is 0 Å². The van der Waals surface area contributed by atoms with E-state index in [2.05, 4.69) is 40.7 Å². The Bertz CT molecular complexity index is 1570. The maximum atomic E-state index is 12.8. The number of benzene rings is 3. The van der Waals surface area contributed by atoms with Crippen LogP contribution in [-0.2, 0) is 5.41 Å². The van der Waals surface area contributed by atoms with Crippen LogP contribution in [0.3, 0.4) is 0 Å². The van der Waals surface area contributed by atoms with Gasteiger partial charge in [0.25, 0.3) is 0 Å². The van der Waals surface area contributed by atoms with Gasteiger partial charge in [-0.1, -0.05) is 157 Å². The van der Waals surface area contributed by atoms with E-state index in [9.17, 15) is 20.4 Å². The molecule has 0 aliphatic heterocycles. The van der Waals surface area contributed by atoms with Gasteiger partial charge in [-0.05, 0) is 114 Å². The van der Waals surface area contributed by atoms with Crippen molar-refractivity contribution in [3.63, 3.8) is 0 Å². The maximum absolute atomic E-state index is 12.8. The van der Waals surface area contributed by atoms with Crippen molar-refractivity contribution in [1.29, 1.82) is 0 Å². The van der Waals surface area contributed by atoms with Gasteiger partial charge in [0.2, 0.25) is 0 Å². The summed E-state index contributed by atoms with van der Waals surface area (Å²) in [5, 5.41) is 49.4. The summed E-state index contributed by atoms with van der Waals surface area (Å²) in [6.45, 7) is 12.2. The molecule has 0 spiro atoms. The van der Waals surface area contributed by atoms with E-state index in [-0.39, 0.29) is 5.41 Å². The van der Waals surface area contributed by atoms with E-state index in [0.29, 0.717) is 36.0 Å². The second-order valence-corrected chi connectivity index (χ2v) is 18.7. The Morgan fingerprint density at radius 2 is 1.28 bits per heavy atom. The number of hydrogen-bond donors (Lipinski definition) is 4. The molecule has 12 atom stereocenters. The highest BCUT2D eigenvalue weighted by Gasteiger charge is 2.63. The Labute approximate surface area is 319 Å². The van der Waals surface area contributed by atoms with Crippen LogP contribution in [-0.4, -0.2) is 44.8 Å². The molecule has 4 aliphatic rings. The lowest BCUT2D eigenvalue weighted by Crippen LogP contribution is -2.60. The lowest BCUT2D eigenvalue weighted by molar-refractivity contribution is -0.151. The zero-order valence-corrected chi connectivity index (χ0v) is 32.9. The zero-order valence-electron chi connectivity index (χ0n) is 32.9. The Hall–Kier alpha value is -2.76. The first kappa shape index (κ1) is 38.5. The molecule has 4 aliphatic carbocycles. The largest absolute Gasteiger partial charge is 0.393 e. The zero-order chi connectivity index (χ0) is 37.5. The van der Waals surface area contributed by atoms with E-state index in [1.807, 2.05) is 91.0 Å². The van der Waals surface area contributed by atoms with Crippen LogP contribution in [0.4, 0.5) is 0 Å². The fourth-order valence-electron chi connectivity index (χ4n) is 13.1. The molecular formula is C49H66O4. The molecule has 53 heavy (non-hydrogen) atoms. The number of fused-ring (bicyclic) bond motifs is 5. The van der Waals surface area contributed by atoms with Gasteiger partial charge in [0, 0.05) is 0 Å². The summed E-state index contributed by atoms with van der Waals surface area (Å²) in [7, 11) is 0. The third kappa shape index (κ3) is 6.58. The minimum atomic E-state index is -1.47. The van der Waals surface area contributed by atoms with Gasteiger partial charge >= 0.3 is 0 Å². The van der Waals surface area contributed by atoms with Crippen LogP contribution in [0.25, 0.3) is 0 Å². The predicted molar refractivity (Wildman–Crippen MR) is 215 cm³/mol. The van der Waals surface area contributed by atoms with E-state index in [4.69, 9.17) is 0 Å². The molecule has 4 unspecified atom stereocenters. The Morgan fingerprint density at radius 3 is 1.83 bits per heavy atom. The van der Waals surface area contributed by atoms with Gasteiger partial charge in [-0.25, -0.2) is 0 Å². The van der Waals surface area contributed by atoms with E-state index in [1.54, 1.807) is 0 Å². The van der Waals surface area contributed by atoms with Crippen LogP contribution in [0, 0.1) is 52.3 Å². The average molecular weight is 719 g/mol.